The molecular formula is C24H13Cl3F3N3O3. The van der Waals surface area contributed by atoms with E-state index in [4.69, 9.17) is 34.8 Å². The quantitative estimate of drug-likeness (QED) is 0.344. The lowest BCUT2D eigenvalue weighted by molar-refractivity contribution is -0.137. The van der Waals surface area contributed by atoms with E-state index in [0.29, 0.717) is 5.69 Å². The molecule has 2 N–H and O–H groups in total. The molecule has 0 spiro atoms. The van der Waals surface area contributed by atoms with Crippen LogP contribution in [0.1, 0.15) is 15.9 Å². The number of carbonyl (C=O) groups excluding carboxylic acids is 3. The van der Waals surface area contributed by atoms with Crippen molar-refractivity contribution in [1.82, 2.24) is 0 Å². The zero-order valence-corrected chi connectivity index (χ0v) is 20.1. The SMILES string of the molecule is O=C(Nc1cccc(C(F)(F)F)c1)c1ccc(NC2=C(Cl)C(=O)N(c3ccc(Cl)c(Cl)c3)C2=O)cc1. The molecule has 4 rings (SSSR count). The second-order valence-corrected chi connectivity index (χ2v) is 8.66. The van der Waals surface area contributed by atoms with E-state index in [1.165, 1.54) is 54.6 Å². The Labute approximate surface area is 217 Å². The number of hydrogen-bond acceptors (Lipinski definition) is 4. The number of nitrogens with one attached hydrogen (secondary N) is 2. The molecule has 1 aliphatic heterocycles. The Morgan fingerprint density at radius 2 is 1.50 bits per heavy atom. The molecule has 6 nitrogen and oxygen atoms in total. The van der Waals surface area contributed by atoms with Gasteiger partial charge in [0, 0.05) is 16.9 Å². The molecule has 12 heteroatoms. The molecule has 0 aliphatic carbocycles. The molecule has 0 fully saturated rings. The van der Waals surface area contributed by atoms with Gasteiger partial charge in [0.05, 0.1) is 21.3 Å². The van der Waals surface area contributed by atoms with Crippen LogP contribution >= 0.6 is 34.8 Å². The summed E-state index contributed by atoms with van der Waals surface area (Å²) in [4.78, 5) is 38.8. The van der Waals surface area contributed by atoms with E-state index in [1.54, 1.807) is 0 Å². The lowest BCUT2D eigenvalue weighted by Gasteiger charge is -2.15. The van der Waals surface area contributed by atoms with E-state index < -0.39 is 29.5 Å². The number of amides is 3. The molecule has 184 valence electrons. The van der Waals surface area contributed by atoms with Gasteiger partial charge < -0.3 is 10.6 Å². The van der Waals surface area contributed by atoms with E-state index in [-0.39, 0.29) is 37.7 Å². The third-order valence-electron chi connectivity index (χ3n) is 5.05. The summed E-state index contributed by atoms with van der Waals surface area (Å²) in [6.07, 6.45) is -4.54. The fourth-order valence-electron chi connectivity index (χ4n) is 3.30. The summed E-state index contributed by atoms with van der Waals surface area (Å²) in [6, 6.07) is 14.1. The predicted molar refractivity (Wildman–Crippen MR) is 131 cm³/mol. The van der Waals surface area contributed by atoms with Crippen LogP contribution in [0, 0.1) is 0 Å². The largest absolute Gasteiger partial charge is 0.416 e. The molecule has 0 saturated carbocycles. The highest BCUT2D eigenvalue weighted by molar-refractivity contribution is 6.53. The monoisotopic (exact) mass is 553 g/mol. The maximum atomic E-state index is 12.9. The highest BCUT2D eigenvalue weighted by Gasteiger charge is 2.39. The lowest BCUT2D eigenvalue weighted by atomic mass is 10.1. The Kier molecular flexibility index (Phi) is 6.99. The van der Waals surface area contributed by atoms with Gasteiger partial charge in [0.25, 0.3) is 17.7 Å². The Bertz CT molecular complexity index is 1420. The maximum Gasteiger partial charge on any atom is 0.416 e. The standard InChI is InChI=1S/C24H13Cl3F3N3O3/c25-17-9-8-16(11-18(17)26)33-22(35)19(27)20(23(33)36)31-14-6-4-12(5-7-14)21(34)32-15-3-1-2-13(10-15)24(28,29)30/h1-11,31H,(H,32,34). The zero-order chi connectivity index (χ0) is 26.2. The minimum Gasteiger partial charge on any atom is -0.350 e. The van der Waals surface area contributed by atoms with Crippen LogP contribution in [0.25, 0.3) is 0 Å². The summed E-state index contributed by atoms with van der Waals surface area (Å²) in [5.74, 6) is -2.13. The summed E-state index contributed by atoms with van der Waals surface area (Å²) in [5.41, 5.74) is -0.452. The average molecular weight is 555 g/mol. The third-order valence-corrected chi connectivity index (χ3v) is 6.14. The van der Waals surface area contributed by atoms with Crippen molar-refractivity contribution in [1.29, 1.82) is 0 Å². The summed E-state index contributed by atoms with van der Waals surface area (Å²) in [5, 5.41) is 5.20. The molecule has 0 unspecified atom stereocenters. The molecule has 1 aliphatic rings. The molecule has 0 radical (unpaired) electrons. The highest BCUT2D eigenvalue weighted by Crippen LogP contribution is 2.34. The van der Waals surface area contributed by atoms with Crippen molar-refractivity contribution in [3.8, 4) is 0 Å². The first-order chi connectivity index (χ1) is 17.0. The molecule has 1 heterocycles. The number of nitrogens with zero attached hydrogens (tertiary/aromatic N) is 1. The van der Waals surface area contributed by atoms with E-state index in [0.717, 1.165) is 17.0 Å². The molecule has 0 atom stereocenters. The summed E-state index contributed by atoms with van der Waals surface area (Å²) in [6.45, 7) is 0. The van der Waals surface area contributed by atoms with Crippen molar-refractivity contribution >= 4 is 69.6 Å². The van der Waals surface area contributed by atoms with Gasteiger partial charge in [-0.15, -0.1) is 0 Å². The van der Waals surface area contributed by atoms with E-state index in [9.17, 15) is 27.6 Å². The minimum atomic E-state index is -4.54. The van der Waals surface area contributed by atoms with Gasteiger partial charge >= 0.3 is 6.18 Å². The van der Waals surface area contributed by atoms with Crippen molar-refractivity contribution in [3.63, 3.8) is 0 Å². The topological polar surface area (TPSA) is 78.5 Å². The van der Waals surface area contributed by atoms with Crippen molar-refractivity contribution in [3.05, 3.63) is 98.6 Å². The van der Waals surface area contributed by atoms with E-state index >= 15 is 0 Å². The van der Waals surface area contributed by atoms with Crippen molar-refractivity contribution < 1.29 is 27.6 Å². The van der Waals surface area contributed by atoms with Crippen molar-refractivity contribution in [2.75, 3.05) is 15.5 Å². The molecule has 0 bridgehead atoms. The van der Waals surface area contributed by atoms with Crippen LogP contribution in [-0.4, -0.2) is 17.7 Å². The minimum absolute atomic E-state index is 0.0218. The fraction of sp³-hybridized carbons (Fsp3) is 0.0417. The van der Waals surface area contributed by atoms with Gasteiger partial charge in [0.1, 0.15) is 10.7 Å². The smallest absolute Gasteiger partial charge is 0.350 e. The highest BCUT2D eigenvalue weighted by atomic mass is 35.5. The van der Waals surface area contributed by atoms with Gasteiger partial charge in [-0.1, -0.05) is 40.9 Å². The van der Waals surface area contributed by atoms with Crippen LogP contribution in [0.2, 0.25) is 10.0 Å². The zero-order valence-electron chi connectivity index (χ0n) is 17.8. The van der Waals surface area contributed by atoms with E-state index in [2.05, 4.69) is 10.6 Å². The van der Waals surface area contributed by atoms with Crippen LogP contribution in [-0.2, 0) is 15.8 Å². The number of halogens is 6. The maximum absolute atomic E-state index is 12.9. The number of rotatable bonds is 5. The first-order valence-corrected chi connectivity index (χ1v) is 11.2. The number of carbonyl (C=O) groups is 3. The Morgan fingerprint density at radius 3 is 2.14 bits per heavy atom. The van der Waals surface area contributed by atoms with Gasteiger partial charge in [-0.25, -0.2) is 4.90 Å². The van der Waals surface area contributed by atoms with Gasteiger partial charge in [-0.3, -0.25) is 14.4 Å². The molecule has 3 aromatic rings. The molecule has 36 heavy (non-hydrogen) atoms. The van der Waals surface area contributed by atoms with E-state index in [1.807, 2.05) is 0 Å². The fourth-order valence-corrected chi connectivity index (χ4v) is 3.80. The third kappa shape index (κ3) is 5.18. The predicted octanol–water partition coefficient (Wildman–Crippen LogP) is 6.70. The van der Waals surface area contributed by atoms with Crippen molar-refractivity contribution in [2.45, 2.75) is 6.18 Å². The van der Waals surface area contributed by atoms with Gasteiger partial charge in [0.2, 0.25) is 0 Å². The second-order valence-electron chi connectivity index (χ2n) is 7.47. The first kappa shape index (κ1) is 25.6. The summed E-state index contributed by atoms with van der Waals surface area (Å²) in [7, 11) is 0. The molecule has 3 aromatic carbocycles. The average Bonchev–Trinajstić information content (AvgIpc) is 3.04. The van der Waals surface area contributed by atoms with Crippen LogP contribution < -0.4 is 15.5 Å². The number of imide groups is 1. The normalized spacial score (nSPS) is 13.9. The van der Waals surface area contributed by atoms with Crippen LogP contribution in [0.5, 0.6) is 0 Å². The number of alkyl halides is 3. The molecule has 3 amide bonds. The van der Waals surface area contributed by atoms with Gasteiger partial charge in [0.15, 0.2) is 0 Å². The molecule has 0 saturated heterocycles. The van der Waals surface area contributed by atoms with Crippen LogP contribution in [0.15, 0.2) is 77.5 Å². The molecular weight excluding hydrogens is 542 g/mol. The second kappa shape index (κ2) is 9.85. The Balaban J connectivity index is 1.47. The van der Waals surface area contributed by atoms with Crippen molar-refractivity contribution in [2.24, 2.45) is 0 Å². The van der Waals surface area contributed by atoms with Crippen LogP contribution in [0.3, 0.4) is 0 Å². The van der Waals surface area contributed by atoms with Crippen LogP contribution in [0.4, 0.5) is 30.2 Å². The first-order valence-electron chi connectivity index (χ1n) is 10.0. The summed E-state index contributed by atoms with van der Waals surface area (Å²) < 4.78 is 38.6. The summed E-state index contributed by atoms with van der Waals surface area (Å²) >= 11 is 18.0. The number of anilines is 3. The number of hydrogen-bond donors (Lipinski definition) is 2. The lowest BCUT2D eigenvalue weighted by Crippen LogP contribution is -2.32. The Morgan fingerprint density at radius 1 is 0.806 bits per heavy atom. The Hall–Kier alpha value is -3.53. The molecule has 0 aromatic heterocycles. The number of benzene rings is 3. The van der Waals surface area contributed by atoms with Gasteiger partial charge in [-0.2, -0.15) is 13.2 Å². The van der Waals surface area contributed by atoms with Gasteiger partial charge in [-0.05, 0) is 60.7 Å².